The van der Waals surface area contributed by atoms with Crippen LogP contribution in [0.2, 0.25) is 0 Å². The molecule has 1 saturated heterocycles. The minimum atomic E-state index is -1.06. The number of esters is 1. The fourth-order valence-corrected chi connectivity index (χ4v) is 3.17. The first-order valence-electron chi connectivity index (χ1n) is 9.20. The van der Waals surface area contributed by atoms with Crippen LogP contribution >= 0.6 is 0 Å². The van der Waals surface area contributed by atoms with Crippen molar-refractivity contribution in [2.45, 2.75) is 12.8 Å². The van der Waals surface area contributed by atoms with Crippen LogP contribution in [0.25, 0.3) is 0 Å². The third kappa shape index (κ3) is 5.10. The highest BCUT2D eigenvalue weighted by Crippen LogP contribution is 2.29. The van der Waals surface area contributed by atoms with Gasteiger partial charge in [-0.25, -0.2) is 4.79 Å². The highest BCUT2D eigenvalue weighted by molar-refractivity contribution is 5.99. The number of rotatable bonds is 7. The van der Waals surface area contributed by atoms with Crippen LogP contribution in [0.4, 0.5) is 27.1 Å². The molecule has 1 amide bonds. The number of nitro groups is 2. The number of carbonyl (C=O) groups excluding carboxylic acids is 2. The largest absolute Gasteiger partial charge is 0.452 e. The first-order valence-corrected chi connectivity index (χ1v) is 9.20. The molecule has 31 heavy (non-hydrogen) atoms. The van der Waals surface area contributed by atoms with E-state index < -0.39 is 39.8 Å². The summed E-state index contributed by atoms with van der Waals surface area (Å²) < 4.78 is 18.4. The van der Waals surface area contributed by atoms with Crippen LogP contribution in [0.3, 0.4) is 0 Å². The van der Waals surface area contributed by atoms with Gasteiger partial charge in [-0.2, -0.15) is 4.39 Å². The molecule has 12 heteroatoms. The molecule has 1 heterocycles. The van der Waals surface area contributed by atoms with Gasteiger partial charge in [0.2, 0.25) is 5.82 Å². The quantitative estimate of drug-likeness (QED) is 0.399. The maximum absolute atomic E-state index is 13.4. The van der Waals surface area contributed by atoms with E-state index in [0.29, 0.717) is 18.8 Å². The highest BCUT2D eigenvalue weighted by Gasteiger charge is 2.24. The van der Waals surface area contributed by atoms with Crippen LogP contribution in [0.1, 0.15) is 23.2 Å². The number of anilines is 2. The molecule has 1 aliphatic heterocycles. The number of hydrogen-bond donors (Lipinski definition) is 1. The number of nitrogens with zero attached hydrogens (tertiary/aromatic N) is 3. The van der Waals surface area contributed by atoms with Crippen molar-refractivity contribution in [3.63, 3.8) is 0 Å². The van der Waals surface area contributed by atoms with Gasteiger partial charge in [0.05, 0.1) is 21.1 Å². The Morgan fingerprint density at radius 1 is 1.06 bits per heavy atom. The molecular weight excluding hydrogens is 415 g/mol. The van der Waals surface area contributed by atoms with Crippen molar-refractivity contribution >= 4 is 34.6 Å². The average molecular weight is 432 g/mol. The monoisotopic (exact) mass is 432 g/mol. The van der Waals surface area contributed by atoms with Crippen LogP contribution in [0, 0.1) is 26.0 Å². The normalized spacial score (nSPS) is 13.0. The maximum Gasteiger partial charge on any atom is 0.341 e. The summed E-state index contributed by atoms with van der Waals surface area (Å²) >= 11 is 0. The van der Waals surface area contributed by atoms with E-state index >= 15 is 0 Å². The Balaban J connectivity index is 1.70. The summed E-state index contributed by atoms with van der Waals surface area (Å²) in [4.78, 5) is 46.8. The molecule has 11 nitrogen and oxygen atoms in total. The number of nitrogens with one attached hydrogen (secondary N) is 1. The van der Waals surface area contributed by atoms with Crippen molar-refractivity contribution in [1.82, 2.24) is 0 Å². The van der Waals surface area contributed by atoms with Gasteiger partial charge in [-0.15, -0.1) is 0 Å². The van der Waals surface area contributed by atoms with Gasteiger partial charge in [0.15, 0.2) is 6.61 Å². The lowest BCUT2D eigenvalue weighted by Gasteiger charge is -2.20. The van der Waals surface area contributed by atoms with Gasteiger partial charge in [-0.3, -0.25) is 25.0 Å². The van der Waals surface area contributed by atoms with Gasteiger partial charge in [0, 0.05) is 37.0 Å². The fraction of sp³-hybridized carbons (Fsp3) is 0.263. The summed E-state index contributed by atoms with van der Waals surface area (Å²) in [6.45, 7) is 0.621. The molecule has 1 N–H and O–H groups in total. The second kappa shape index (κ2) is 9.15. The molecule has 2 aromatic carbocycles. The number of amides is 1. The zero-order valence-electron chi connectivity index (χ0n) is 16.1. The Bertz CT molecular complexity index is 1050. The number of non-ortho nitro benzene ring substituents is 1. The molecule has 1 aliphatic rings. The van der Waals surface area contributed by atoms with Crippen molar-refractivity contribution in [1.29, 1.82) is 0 Å². The molecule has 0 aliphatic carbocycles. The summed E-state index contributed by atoms with van der Waals surface area (Å²) in [5, 5.41) is 24.1. The molecule has 0 spiro atoms. The number of benzene rings is 2. The Kier molecular flexibility index (Phi) is 6.38. The summed E-state index contributed by atoms with van der Waals surface area (Å²) in [5.41, 5.74) is -0.731. The van der Waals surface area contributed by atoms with Crippen molar-refractivity contribution < 1.29 is 28.6 Å². The lowest BCUT2D eigenvalue weighted by molar-refractivity contribution is -0.387. The summed E-state index contributed by atoms with van der Waals surface area (Å²) in [6, 6.07) is 6.63. The molecule has 0 bridgehead atoms. The van der Waals surface area contributed by atoms with Crippen LogP contribution < -0.4 is 10.2 Å². The summed E-state index contributed by atoms with van der Waals surface area (Å²) in [7, 11) is 0. The van der Waals surface area contributed by atoms with Crippen LogP contribution in [0.15, 0.2) is 36.4 Å². The molecule has 0 radical (unpaired) electrons. The maximum atomic E-state index is 13.4. The number of nitro benzene ring substituents is 2. The van der Waals surface area contributed by atoms with Crippen molar-refractivity contribution in [3.05, 3.63) is 68.0 Å². The standard InChI is InChI=1S/C19H17FN4O7/c20-15-5-3-12(9-17(15)24(29)30)21-18(25)11-31-19(26)14-10-13(23(27)28)4-6-16(14)22-7-1-2-8-22/h3-6,9-10H,1-2,7-8,11H2,(H,21,25). The van der Waals surface area contributed by atoms with E-state index in [2.05, 4.69) is 5.32 Å². The fourth-order valence-electron chi connectivity index (χ4n) is 3.17. The molecule has 0 atom stereocenters. The second-order valence-electron chi connectivity index (χ2n) is 6.70. The molecule has 0 saturated carbocycles. The lowest BCUT2D eigenvalue weighted by Crippen LogP contribution is -2.24. The van der Waals surface area contributed by atoms with Crippen LogP contribution in [0.5, 0.6) is 0 Å². The topological polar surface area (TPSA) is 145 Å². The average Bonchev–Trinajstić information content (AvgIpc) is 3.27. The first-order chi connectivity index (χ1) is 14.8. The predicted octanol–water partition coefficient (Wildman–Crippen LogP) is 3.04. The Morgan fingerprint density at radius 2 is 1.77 bits per heavy atom. The second-order valence-corrected chi connectivity index (χ2v) is 6.70. The van der Waals surface area contributed by atoms with Crippen LogP contribution in [-0.2, 0) is 9.53 Å². The number of ether oxygens (including phenoxy) is 1. The molecule has 162 valence electrons. The zero-order chi connectivity index (χ0) is 22.5. The Hall–Kier alpha value is -4.09. The minimum absolute atomic E-state index is 0.0404. The van der Waals surface area contributed by atoms with Gasteiger partial charge in [0.25, 0.3) is 11.6 Å². The van der Waals surface area contributed by atoms with Gasteiger partial charge >= 0.3 is 11.7 Å². The zero-order valence-corrected chi connectivity index (χ0v) is 16.1. The number of halogens is 1. The highest BCUT2D eigenvalue weighted by atomic mass is 19.1. The Labute approximate surface area is 174 Å². The predicted molar refractivity (Wildman–Crippen MR) is 107 cm³/mol. The number of hydrogen-bond acceptors (Lipinski definition) is 8. The van der Waals surface area contributed by atoms with Gasteiger partial charge < -0.3 is 15.0 Å². The molecule has 3 rings (SSSR count). The third-order valence-corrected chi connectivity index (χ3v) is 4.62. The molecule has 0 unspecified atom stereocenters. The van der Waals surface area contributed by atoms with Crippen LogP contribution in [-0.4, -0.2) is 41.4 Å². The Morgan fingerprint density at radius 3 is 2.42 bits per heavy atom. The SMILES string of the molecule is O=C(COC(=O)c1cc([N+](=O)[O-])ccc1N1CCCC1)Nc1ccc(F)c([N+](=O)[O-])c1. The van der Waals surface area contributed by atoms with E-state index in [-0.39, 0.29) is 16.9 Å². The molecule has 2 aromatic rings. The van der Waals surface area contributed by atoms with E-state index in [9.17, 15) is 34.2 Å². The van der Waals surface area contributed by atoms with Gasteiger partial charge in [0.1, 0.15) is 0 Å². The first kappa shape index (κ1) is 21.6. The van der Waals surface area contributed by atoms with Gasteiger partial charge in [-0.05, 0) is 31.0 Å². The summed E-state index contributed by atoms with van der Waals surface area (Å²) in [5.74, 6) is -2.80. The molecular formula is C19H17FN4O7. The lowest BCUT2D eigenvalue weighted by atomic mass is 10.1. The minimum Gasteiger partial charge on any atom is -0.452 e. The third-order valence-electron chi connectivity index (χ3n) is 4.62. The smallest absolute Gasteiger partial charge is 0.341 e. The summed E-state index contributed by atoms with van der Waals surface area (Å²) in [6.07, 6.45) is 1.83. The van der Waals surface area contributed by atoms with E-state index in [0.717, 1.165) is 37.1 Å². The van der Waals surface area contributed by atoms with Crippen molar-refractivity contribution in [2.24, 2.45) is 0 Å². The molecule has 1 fully saturated rings. The van der Waals surface area contributed by atoms with E-state index in [1.807, 2.05) is 4.90 Å². The van der Waals surface area contributed by atoms with E-state index in [1.54, 1.807) is 0 Å². The van der Waals surface area contributed by atoms with Gasteiger partial charge in [-0.1, -0.05) is 0 Å². The van der Waals surface area contributed by atoms with Crippen molar-refractivity contribution in [2.75, 3.05) is 29.9 Å². The van der Waals surface area contributed by atoms with E-state index in [1.165, 1.54) is 12.1 Å². The molecule has 0 aromatic heterocycles. The number of carbonyl (C=O) groups is 2. The van der Waals surface area contributed by atoms with E-state index in [4.69, 9.17) is 4.74 Å². The van der Waals surface area contributed by atoms with Crippen molar-refractivity contribution in [3.8, 4) is 0 Å².